The molecule has 1 aromatic carbocycles. The standard InChI is InChI=1S/C27H48O/c1-4-7-10-12-14-17-19-24-22-23-27(28)26(21-16-9-6-3)25(24)20-18-15-13-11-8-5-2/h22-23,28H,4-21H2,1-3H3. The van der Waals surface area contributed by atoms with Gasteiger partial charge < -0.3 is 5.11 Å². The summed E-state index contributed by atoms with van der Waals surface area (Å²) in [6.07, 6.45) is 23.3. The average molecular weight is 389 g/mol. The second kappa shape index (κ2) is 16.9. The van der Waals surface area contributed by atoms with Crippen molar-refractivity contribution in [2.45, 2.75) is 136 Å². The summed E-state index contributed by atoms with van der Waals surface area (Å²) in [5.74, 6) is 0.545. The molecule has 0 radical (unpaired) electrons. The van der Waals surface area contributed by atoms with Gasteiger partial charge in [0.15, 0.2) is 0 Å². The van der Waals surface area contributed by atoms with Crippen LogP contribution in [0.4, 0.5) is 0 Å². The summed E-state index contributed by atoms with van der Waals surface area (Å²) >= 11 is 0. The molecule has 0 aromatic heterocycles. The minimum Gasteiger partial charge on any atom is -0.508 e. The summed E-state index contributed by atoms with van der Waals surface area (Å²) in [6, 6.07) is 4.19. The lowest BCUT2D eigenvalue weighted by atomic mass is 9.89. The first-order valence-corrected chi connectivity index (χ1v) is 12.6. The van der Waals surface area contributed by atoms with Gasteiger partial charge in [0.05, 0.1) is 0 Å². The largest absolute Gasteiger partial charge is 0.508 e. The second-order valence-corrected chi connectivity index (χ2v) is 8.69. The molecule has 0 aliphatic heterocycles. The highest BCUT2D eigenvalue weighted by Gasteiger charge is 2.13. The molecule has 1 rings (SSSR count). The molecule has 0 saturated heterocycles. The number of rotatable bonds is 18. The number of phenolic OH excluding ortho intramolecular Hbond substituents is 1. The minimum absolute atomic E-state index is 0.545. The topological polar surface area (TPSA) is 20.2 Å². The van der Waals surface area contributed by atoms with Gasteiger partial charge in [0, 0.05) is 0 Å². The van der Waals surface area contributed by atoms with E-state index in [1.165, 1.54) is 119 Å². The first kappa shape index (κ1) is 25.1. The zero-order valence-corrected chi connectivity index (χ0v) is 19.3. The summed E-state index contributed by atoms with van der Waals surface area (Å²) in [6.45, 7) is 6.82. The lowest BCUT2D eigenvalue weighted by Crippen LogP contribution is -2.03. The maximum atomic E-state index is 10.6. The SMILES string of the molecule is CCCCCCCCc1ccc(O)c(CCCCC)c1CCCCCCCC. The predicted octanol–water partition coefficient (Wildman–Crippen LogP) is 8.93. The van der Waals surface area contributed by atoms with E-state index in [1.807, 2.05) is 6.07 Å². The Kier molecular flexibility index (Phi) is 15.1. The van der Waals surface area contributed by atoms with Crippen LogP contribution in [0.2, 0.25) is 0 Å². The number of aryl methyl sites for hydroxylation is 1. The van der Waals surface area contributed by atoms with Crippen LogP contribution >= 0.6 is 0 Å². The van der Waals surface area contributed by atoms with Gasteiger partial charge in [0.1, 0.15) is 5.75 Å². The zero-order valence-electron chi connectivity index (χ0n) is 19.3. The molecule has 0 atom stereocenters. The molecule has 0 bridgehead atoms. The van der Waals surface area contributed by atoms with Crippen LogP contribution in [0, 0.1) is 0 Å². The third kappa shape index (κ3) is 10.5. The predicted molar refractivity (Wildman–Crippen MR) is 125 cm³/mol. The molecule has 0 amide bonds. The van der Waals surface area contributed by atoms with Gasteiger partial charge in [-0.2, -0.15) is 0 Å². The van der Waals surface area contributed by atoms with Crippen LogP contribution in [-0.4, -0.2) is 5.11 Å². The number of aromatic hydroxyl groups is 1. The fourth-order valence-corrected chi connectivity index (χ4v) is 4.28. The van der Waals surface area contributed by atoms with Crippen LogP contribution in [0.3, 0.4) is 0 Å². The Labute approximate surface area is 176 Å². The fourth-order valence-electron chi connectivity index (χ4n) is 4.28. The van der Waals surface area contributed by atoms with E-state index < -0.39 is 0 Å². The Morgan fingerprint density at radius 3 is 1.54 bits per heavy atom. The first-order valence-electron chi connectivity index (χ1n) is 12.6. The van der Waals surface area contributed by atoms with Crippen molar-refractivity contribution in [3.05, 3.63) is 28.8 Å². The zero-order chi connectivity index (χ0) is 20.5. The Hall–Kier alpha value is -0.980. The number of hydrogen-bond donors (Lipinski definition) is 1. The van der Waals surface area contributed by atoms with E-state index in [0.29, 0.717) is 5.75 Å². The Morgan fingerprint density at radius 2 is 0.929 bits per heavy atom. The third-order valence-electron chi connectivity index (χ3n) is 6.11. The van der Waals surface area contributed by atoms with Crippen LogP contribution < -0.4 is 0 Å². The van der Waals surface area contributed by atoms with Gasteiger partial charge in [-0.1, -0.05) is 104 Å². The van der Waals surface area contributed by atoms with Crippen molar-refractivity contribution in [1.82, 2.24) is 0 Å². The van der Waals surface area contributed by atoms with Crippen LogP contribution in [0.25, 0.3) is 0 Å². The third-order valence-corrected chi connectivity index (χ3v) is 6.11. The van der Waals surface area contributed by atoms with Crippen molar-refractivity contribution < 1.29 is 5.11 Å². The molecule has 0 heterocycles. The second-order valence-electron chi connectivity index (χ2n) is 8.69. The van der Waals surface area contributed by atoms with Crippen molar-refractivity contribution >= 4 is 0 Å². The Morgan fingerprint density at radius 1 is 0.500 bits per heavy atom. The molecule has 0 aliphatic carbocycles. The summed E-state index contributed by atoms with van der Waals surface area (Å²) in [5.41, 5.74) is 4.29. The number of hydrogen-bond acceptors (Lipinski definition) is 1. The average Bonchev–Trinajstić information content (AvgIpc) is 2.70. The molecule has 0 spiro atoms. The molecule has 162 valence electrons. The van der Waals surface area contributed by atoms with Crippen LogP contribution in [0.1, 0.15) is 134 Å². The van der Waals surface area contributed by atoms with E-state index in [9.17, 15) is 5.11 Å². The van der Waals surface area contributed by atoms with Gasteiger partial charge in [-0.15, -0.1) is 0 Å². The van der Waals surface area contributed by atoms with E-state index in [2.05, 4.69) is 26.8 Å². The molecule has 28 heavy (non-hydrogen) atoms. The van der Waals surface area contributed by atoms with E-state index in [-0.39, 0.29) is 0 Å². The summed E-state index contributed by atoms with van der Waals surface area (Å²) in [5, 5.41) is 10.6. The summed E-state index contributed by atoms with van der Waals surface area (Å²) in [4.78, 5) is 0. The fraction of sp³-hybridized carbons (Fsp3) is 0.778. The molecular formula is C27H48O. The summed E-state index contributed by atoms with van der Waals surface area (Å²) < 4.78 is 0. The molecule has 1 aromatic rings. The van der Waals surface area contributed by atoms with Gasteiger partial charge in [-0.25, -0.2) is 0 Å². The number of phenols is 1. The van der Waals surface area contributed by atoms with Crippen LogP contribution in [0.5, 0.6) is 5.75 Å². The molecule has 0 aliphatic rings. The maximum absolute atomic E-state index is 10.6. The number of benzene rings is 1. The lowest BCUT2D eigenvalue weighted by molar-refractivity contribution is 0.464. The van der Waals surface area contributed by atoms with Gasteiger partial charge in [-0.05, 0) is 61.3 Å². The van der Waals surface area contributed by atoms with Crippen molar-refractivity contribution in [2.24, 2.45) is 0 Å². The van der Waals surface area contributed by atoms with Gasteiger partial charge >= 0.3 is 0 Å². The maximum Gasteiger partial charge on any atom is 0.119 e. The van der Waals surface area contributed by atoms with Gasteiger partial charge in [0.2, 0.25) is 0 Å². The molecule has 1 N–H and O–H groups in total. The monoisotopic (exact) mass is 388 g/mol. The first-order chi connectivity index (χ1) is 13.7. The molecule has 0 unspecified atom stereocenters. The molecule has 0 saturated carbocycles. The van der Waals surface area contributed by atoms with Crippen molar-refractivity contribution in [2.75, 3.05) is 0 Å². The van der Waals surface area contributed by atoms with Gasteiger partial charge in [-0.3, -0.25) is 0 Å². The normalized spacial score (nSPS) is 11.2. The highest BCUT2D eigenvalue weighted by molar-refractivity contribution is 5.45. The van der Waals surface area contributed by atoms with E-state index in [4.69, 9.17) is 0 Å². The van der Waals surface area contributed by atoms with E-state index >= 15 is 0 Å². The van der Waals surface area contributed by atoms with Gasteiger partial charge in [0.25, 0.3) is 0 Å². The van der Waals surface area contributed by atoms with Crippen molar-refractivity contribution in [3.8, 4) is 5.75 Å². The highest BCUT2D eigenvalue weighted by Crippen LogP contribution is 2.29. The minimum atomic E-state index is 0.545. The van der Waals surface area contributed by atoms with E-state index in [1.54, 1.807) is 0 Å². The van der Waals surface area contributed by atoms with Crippen molar-refractivity contribution in [1.29, 1.82) is 0 Å². The smallest absolute Gasteiger partial charge is 0.119 e. The van der Waals surface area contributed by atoms with Crippen molar-refractivity contribution in [3.63, 3.8) is 0 Å². The molecule has 0 fully saturated rings. The highest BCUT2D eigenvalue weighted by atomic mass is 16.3. The van der Waals surface area contributed by atoms with Crippen LogP contribution in [-0.2, 0) is 19.3 Å². The quantitative estimate of drug-likeness (QED) is 0.249. The molecular weight excluding hydrogens is 340 g/mol. The summed E-state index contributed by atoms with van der Waals surface area (Å²) in [7, 11) is 0. The van der Waals surface area contributed by atoms with E-state index in [0.717, 1.165) is 12.8 Å². The lowest BCUT2D eigenvalue weighted by Gasteiger charge is -2.17. The Balaban J connectivity index is 2.68. The number of unbranched alkanes of at least 4 members (excludes halogenated alkanes) is 12. The Bertz CT molecular complexity index is 491. The molecule has 1 nitrogen and oxygen atoms in total. The molecule has 1 heteroatoms. The van der Waals surface area contributed by atoms with Crippen LogP contribution in [0.15, 0.2) is 12.1 Å².